The number of aryl methyl sites for hydroxylation is 2. The van der Waals surface area contributed by atoms with Gasteiger partial charge in [0.2, 0.25) is 11.8 Å². The number of carbonyl (C=O) groups is 2. The van der Waals surface area contributed by atoms with Crippen molar-refractivity contribution in [3.8, 4) is 5.75 Å². The Balaban J connectivity index is 1.35. The van der Waals surface area contributed by atoms with Gasteiger partial charge in [-0.25, -0.2) is 0 Å². The van der Waals surface area contributed by atoms with Crippen molar-refractivity contribution in [1.82, 2.24) is 4.90 Å². The summed E-state index contributed by atoms with van der Waals surface area (Å²) in [6, 6.07) is 14.6. The molecule has 32 heavy (non-hydrogen) atoms. The lowest BCUT2D eigenvalue weighted by atomic mass is 10.1. The second kappa shape index (κ2) is 9.23. The molecule has 2 amide bonds. The Bertz CT molecular complexity index is 1010. The Labute approximate surface area is 190 Å². The minimum Gasteiger partial charge on any atom is -0.487 e. The molecule has 170 valence electrons. The minimum absolute atomic E-state index is 0.0215. The van der Waals surface area contributed by atoms with Crippen molar-refractivity contribution < 1.29 is 14.3 Å². The van der Waals surface area contributed by atoms with Crippen LogP contribution in [-0.4, -0.2) is 55.0 Å². The van der Waals surface area contributed by atoms with E-state index in [-0.39, 0.29) is 36.8 Å². The molecule has 6 nitrogen and oxygen atoms in total. The van der Waals surface area contributed by atoms with Crippen LogP contribution < -0.4 is 14.5 Å². The zero-order chi connectivity index (χ0) is 22.8. The monoisotopic (exact) mass is 435 g/mol. The van der Waals surface area contributed by atoms with Crippen molar-refractivity contribution in [2.24, 2.45) is 0 Å². The predicted molar refractivity (Wildman–Crippen MR) is 127 cm³/mol. The minimum atomic E-state index is -0.0691. The van der Waals surface area contributed by atoms with Gasteiger partial charge in [0.1, 0.15) is 11.9 Å². The number of piperazine rings is 1. The van der Waals surface area contributed by atoms with Crippen LogP contribution >= 0.6 is 0 Å². The predicted octanol–water partition coefficient (Wildman–Crippen LogP) is 3.93. The average molecular weight is 436 g/mol. The van der Waals surface area contributed by atoms with Gasteiger partial charge in [-0.15, -0.1) is 0 Å². The van der Waals surface area contributed by atoms with Crippen molar-refractivity contribution in [2.45, 2.75) is 52.7 Å². The summed E-state index contributed by atoms with van der Waals surface area (Å²) in [6.07, 6.45) is 0.384. The summed E-state index contributed by atoms with van der Waals surface area (Å²) in [6.45, 7) is 10.9. The number of benzene rings is 2. The molecule has 0 bridgehead atoms. The second-order valence-electron chi connectivity index (χ2n) is 9.13. The Morgan fingerprint density at radius 3 is 2.44 bits per heavy atom. The maximum absolute atomic E-state index is 13.0. The van der Waals surface area contributed by atoms with Crippen molar-refractivity contribution in [2.75, 3.05) is 36.0 Å². The van der Waals surface area contributed by atoms with Crippen molar-refractivity contribution >= 4 is 23.2 Å². The van der Waals surface area contributed by atoms with Gasteiger partial charge in [-0.05, 0) is 63.1 Å². The Morgan fingerprint density at radius 2 is 1.69 bits per heavy atom. The summed E-state index contributed by atoms with van der Waals surface area (Å²) in [7, 11) is 0. The largest absolute Gasteiger partial charge is 0.487 e. The molecular weight excluding hydrogens is 402 g/mol. The number of ether oxygens (including phenoxy) is 1. The van der Waals surface area contributed by atoms with Gasteiger partial charge < -0.3 is 19.4 Å². The van der Waals surface area contributed by atoms with E-state index < -0.39 is 0 Å². The third-order valence-electron chi connectivity index (χ3n) is 6.34. The Kier molecular flexibility index (Phi) is 6.40. The quantitative estimate of drug-likeness (QED) is 0.730. The molecule has 0 spiro atoms. The van der Waals surface area contributed by atoms with E-state index in [9.17, 15) is 9.59 Å². The number of fused-ring (bicyclic) bond motifs is 1. The highest BCUT2D eigenvalue weighted by atomic mass is 16.5. The first kappa shape index (κ1) is 22.2. The van der Waals surface area contributed by atoms with Gasteiger partial charge in [-0.2, -0.15) is 0 Å². The fourth-order valence-corrected chi connectivity index (χ4v) is 4.66. The number of hydrogen-bond acceptors (Lipinski definition) is 4. The SMILES string of the molecule is Cc1cccc(N2CCN(C(=O)CCC(=O)N3C[C@@H](C)Oc4ccc(C)cc43)C[C@@H]2C)c1. The fraction of sp³-hybridized carbons (Fsp3) is 0.462. The van der Waals surface area contributed by atoms with Crippen LogP contribution in [0.15, 0.2) is 42.5 Å². The van der Waals surface area contributed by atoms with E-state index in [4.69, 9.17) is 4.74 Å². The molecule has 0 aromatic heterocycles. The van der Waals surface area contributed by atoms with Gasteiger partial charge in [-0.1, -0.05) is 18.2 Å². The molecule has 2 aromatic carbocycles. The molecule has 4 rings (SSSR count). The standard InChI is InChI=1S/C26H33N3O3/c1-18-6-5-7-22(14-18)28-13-12-27(16-20(28)3)25(30)10-11-26(31)29-17-21(4)32-24-9-8-19(2)15-23(24)29/h5-9,14-15,20-21H,10-13,16-17H2,1-4H3/t20-,21+/m0/s1. The molecule has 6 heteroatoms. The lowest BCUT2D eigenvalue weighted by molar-refractivity contribution is -0.133. The first-order chi connectivity index (χ1) is 15.3. The third kappa shape index (κ3) is 4.74. The molecular formula is C26H33N3O3. The number of amides is 2. The van der Waals surface area contributed by atoms with Gasteiger partial charge in [0, 0.05) is 44.2 Å². The van der Waals surface area contributed by atoms with E-state index in [0.717, 1.165) is 23.5 Å². The molecule has 0 aliphatic carbocycles. The number of rotatable bonds is 4. The zero-order valence-electron chi connectivity index (χ0n) is 19.5. The van der Waals surface area contributed by atoms with Crippen LogP contribution in [-0.2, 0) is 9.59 Å². The first-order valence-electron chi connectivity index (χ1n) is 11.5. The van der Waals surface area contributed by atoms with Gasteiger partial charge in [0.25, 0.3) is 0 Å². The number of nitrogens with zero attached hydrogens (tertiary/aromatic N) is 3. The van der Waals surface area contributed by atoms with Crippen LogP contribution in [0.5, 0.6) is 5.75 Å². The zero-order valence-corrected chi connectivity index (χ0v) is 19.5. The number of anilines is 2. The van der Waals surface area contributed by atoms with Crippen LogP contribution in [0.1, 0.15) is 37.8 Å². The summed E-state index contributed by atoms with van der Waals surface area (Å²) in [5, 5.41) is 0. The van der Waals surface area contributed by atoms with Gasteiger partial charge in [-0.3, -0.25) is 9.59 Å². The summed E-state index contributed by atoms with van der Waals surface area (Å²) in [4.78, 5) is 32.0. The van der Waals surface area contributed by atoms with Gasteiger partial charge in [0.15, 0.2) is 0 Å². The average Bonchev–Trinajstić information content (AvgIpc) is 2.76. The Hall–Kier alpha value is -3.02. The van der Waals surface area contributed by atoms with E-state index >= 15 is 0 Å². The van der Waals surface area contributed by atoms with Crippen LogP contribution in [0, 0.1) is 13.8 Å². The Morgan fingerprint density at radius 1 is 0.938 bits per heavy atom. The fourth-order valence-electron chi connectivity index (χ4n) is 4.66. The van der Waals surface area contributed by atoms with Crippen molar-refractivity contribution in [1.29, 1.82) is 0 Å². The first-order valence-corrected chi connectivity index (χ1v) is 11.5. The van der Waals surface area contributed by atoms with E-state index in [0.29, 0.717) is 19.6 Å². The molecule has 0 unspecified atom stereocenters. The molecule has 2 aliphatic heterocycles. The maximum Gasteiger partial charge on any atom is 0.227 e. The molecule has 2 aromatic rings. The number of carbonyl (C=O) groups excluding carboxylic acids is 2. The maximum atomic E-state index is 13.0. The van der Waals surface area contributed by atoms with Crippen LogP contribution in [0.2, 0.25) is 0 Å². The highest BCUT2D eigenvalue weighted by Gasteiger charge is 2.30. The van der Waals surface area contributed by atoms with E-state index in [1.54, 1.807) is 4.90 Å². The molecule has 2 heterocycles. The summed E-state index contributed by atoms with van der Waals surface area (Å²) in [5.41, 5.74) is 4.33. The number of hydrogen-bond donors (Lipinski definition) is 0. The molecule has 2 aliphatic rings. The highest BCUT2D eigenvalue weighted by molar-refractivity contribution is 5.97. The molecule has 1 fully saturated rings. The molecule has 2 atom stereocenters. The lowest BCUT2D eigenvalue weighted by Gasteiger charge is -2.41. The van der Waals surface area contributed by atoms with Crippen molar-refractivity contribution in [3.63, 3.8) is 0 Å². The molecule has 1 saturated heterocycles. The summed E-state index contributed by atoms with van der Waals surface area (Å²) < 4.78 is 5.88. The topological polar surface area (TPSA) is 53.1 Å². The highest BCUT2D eigenvalue weighted by Crippen LogP contribution is 2.34. The van der Waals surface area contributed by atoms with E-state index in [1.807, 2.05) is 36.9 Å². The normalized spacial score (nSPS) is 20.6. The van der Waals surface area contributed by atoms with Crippen LogP contribution in [0.25, 0.3) is 0 Å². The molecule has 0 saturated carbocycles. The summed E-state index contributed by atoms with van der Waals surface area (Å²) >= 11 is 0. The second-order valence-corrected chi connectivity index (χ2v) is 9.13. The van der Waals surface area contributed by atoms with E-state index in [2.05, 4.69) is 43.0 Å². The smallest absolute Gasteiger partial charge is 0.227 e. The van der Waals surface area contributed by atoms with E-state index in [1.165, 1.54) is 11.3 Å². The lowest BCUT2D eigenvalue weighted by Crippen LogP contribution is -2.54. The van der Waals surface area contributed by atoms with Crippen LogP contribution in [0.4, 0.5) is 11.4 Å². The molecule has 0 N–H and O–H groups in total. The van der Waals surface area contributed by atoms with Crippen molar-refractivity contribution in [3.05, 3.63) is 53.6 Å². The summed E-state index contributed by atoms with van der Waals surface area (Å²) in [5.74, 6) is 0.766. The molecule has 0 radical (unpaired) electrons. The van der Waals surface area contributed by atoms with Gasteiger partial charge >= 0.3 is 0 Å². The van der Waals surface area contributed by atoms with Gasteiger partial charge in [0.05, 0.1) is 12.2 Å². The third-order valence-corrected chi connectivity index (χ3v) is 6.34. The van der Waals surface area contributed by atoms with Crippen LogP contribution in [0.3, 0.4) is 0 Å².